The van der Waals surface area contributed by atoms with Crippen LogP contribution in [0, 0.1) is 12.7 Å². The van der Waals surface area contributed by atoms with Crippen molar-refractivity contribution in [3.63, 3.8) is 0 Å². The topological polar surface area (TPSA) is 87.7 Å². The van der Waals surface area contributed by atoms with Crippen LogP contribution in [0.1, 0.15) is 5.56 Å². The van der Waals surface area contributed by atoms with Crippen LogP contribution in [-0.2, 0) is 14.8 Å². The van der Waals surface area contributed by atoms with Crippen molar-refractivity contribution in [3.05, 3.63) is 47.8 Å². The predicted molar refractivity (Wildman–Crippen MR) is 102 cm³/mol. The van der Waals surface area contributed by atoms with Crippen molar-refractivity contribution >= 4 is 27.3 Å². The molecule has 0 heterocycles. The summed E-state index contributed by atoms with van der Waals surface area (Å²) in [6.07, 6.45) is 0. The van der Waals surface area contributed by atoms with Gasteiger partial charge in [0.25, 0.3) is 0 Å². The van der Waals surface area contributed by atoms with E-state index in [1.54, 1.807) is 13.0 Å². The van der Waals surface area contributed by atoms with E-state index in [1.807, 2.05) is 0 Å². The van der Waals surface area contributed by atoms with Crippen LogP contribution in [0.5, 0.6) is 5.75 Å². The highest BCUT2D eigenvalue weighted by molar-refractivity contribution is 7.89. The number of carbonyl (C=O) groups is 1. The van der Waals surface area contributed by atoms with Crippen LogP contribution < -0.4 is 15.4 Å². The quantitative estimate of drug-likeness (QED) is 0.752. The van der Waals surface area contributed by atoms with Crippen LogP contribution in [0.3, 0.4) is 0 Å². The standard InChI is InChI=1S/C18H22FN3O4S/c1-12-5-6-13(19)9-15(12)21-18(23)11-20-16-10-14(7-8-17(16)26-4)27(24,25)22(2)3/h5-10,20H,11H2,1-4H3,(H,21,23). The van der Waals surface area contributed by atoms with E-state index in [0.29, 0.717) is 17.1 Å². The van der Waals surface area contributed by atoms with Gasteiger partial charge in [0, 0.05) is 19.8 Å². The first kappa shape index (κ1) is 20.7. The minimum atomic E-state index is -3.63. The number of methoxy groups -OCH3 is 1. The second-order valence-corrected chi connectivity index (χ2v) is 8.16. The number of benzene rings is 2. The van der Waals surface area contributed by atoms with Gasteiger partial charge in [-0.1, -0.05) is 6.07 Å². The molecule has 146 valence electrons. The highest BCUT2D eigenvalue weighted by atomic mass is 32.2. The Hall–Kier alpha value is -2.65. The second-order valence-electron chi connectivity index (χ2n) is 6.01. The molecular formula is C18H22FN3O4S. The molecule has 0 aliphatic carbocycles. The monoisotopic (exact) mass is 395 g/mol. The predicted octanol–water partition coefficient (Wildman–Crippen LogP) is 2.44. The molecule has 7 nitrogen and oxygen atoms in total. The fraction of sp³-hybridized carbons (Fsp3) is 0.278. The van der Waals surface area contributed by atoms with E-state index in [1.165, 1.54) is 51.5 Å². The second kappa shape index (κ2) is 8.36. The lowest BCUT2D eigenvalue weighted by Crippen LogP contribution is -2.24. The van der Waals surface area contributed by atoms with Gasteiger partial charge in [-0.05, 0) is 42.8 Å². The van der Waals surface area contributed by atoms with Crippen molar-refractivity contribution in [2.45, 2.75) is 11.8 Å². The number of halogens is 1. The molecule has 27 heavy (non-hydrogen) atoms. The Morgan fingerprint density at radius 1 is 1.15 bits per heavy atom. The number of hydrogen-bond donors (Lipinski definition) is 2. The highest BCUT2D eigenvalue weighted by Crippen LogP contribution is 2.28. The lowest BCUT2D eigenvalue weighted by Gasteiger charge is -2.16. The van der Waals surface area contributed by atoms with Crippen molar-refractivity contribution < 1.29 is 22.3 Å². The van der Waals surface area contributed by atoms with Crippen molar-refractivity contribution in [2.24, 2.45) is 0 Å². The van der Waals surface area contributed by atoms with E-state index in [0.717, 1.165) is 9.87 Å². The highest BCUT2D eigenvalue weighted by Gasteiger charge is 2.19. The zero-order valence-electron chi connectivity index (χ0n) is 15.5. The largest absolute Gasteiger partial charge is 0.495 e. The first-order valence-electron chi connectivity index (χ1n) is 8.05. The maximum absolute atomic E-state index is 13.3. The van der Waals surface area contributed by atoms with Gasteiger partial charge in [0.2, 0.25) is 15.9 Å². The fourth-order valence-electron chi connectivity index (χ4n) is 2.30. The summed E-state index contributed by atoms with van der Waals surface area (Å²) in [7, 11) is 0.679. The van der Waals surface area contributed by atoms with Crippen molar-refractivity contribution in [3.8, 4) is 5.75 Å². The summed E-state index contributed by atoms with van der Waals surface area (Å²) in [5.41, 5.74) is 1.45. The summed E-state index contributed by atoms with van der Waals surface area (Å²) in [6, 6.07) is 8.44. The molecule has 0 aliphatic heterocycles. The molecule has 0 aliphatic rings. The first-order chi connectivity index (χ1) is 12.6. The number of hydrogen-bond acceptors (Lipinski definition) is 5. The zero-order chi connectivity index (χ0) is 20.2. The van der Waals surface area contributed by atoms with Crippen LogP contribution in [0.25, 0.3) is 0 Å². The minimum absolute atomic E-state index is 0.0668. The van der Waals surface area contributed by atoms with Gasteiger partial charge in [0.15, 0.2) is 0 Å². The summed E-state index contributed by atoms with van der Waals surface area (Å²) in [6.45, 7) is 1.60. The van der Waals surface area contributed by atoms with Gasteiger partial charge in [0.05, 0.1) is 24.2 Å². The smallest absolute Gasteiger partial charge is 0.243 e. The number of carbonyl (C=O) groups excluding carboxylic acids is 1. The molecule has 2 aromatic carbocycles. The Kier molecular flexibility index (Phi) is 6.40. The normalized spacial score (nSPS) is 11.3. The Labute approximate surface area is 158 Å². The van der Waals surface area contributed by atoms with Crippen LogP contribution in [0.2, 0.25) is 0 Å². The Morgan fingerprint density at radius 2 is 1.85 bits per heavy atom. The molecule has 0 radical (unpaired) electrons. The van der Waals surface area contributed by atoms with Gasteiger partial charge in [-0.3, -0.25) is 4.79 Å². The molecule has 0 bridgehead atoms. The number of aryl methyl sites for hydroxylation is 1. The van der Waals surface area contributed by atoms with Crippen molar-refractivity contribution in [1.29, 1.82) is 0 Å². The lowest BCUT2D eigenvalue weighted by molar-refractivity contribution is -0.114. The first-order valence-corrected chi connectivity index (χ1v) is 9.49. The van der Waals surface area contributed by atoms with Crippen LogP contribution >= 0.6 is 0 Å². The third-order valence-corrected chi connectivity index (χ3v) is 5.67. The van der Waals surface area contributed by atoms with Gasteiger partial charge >= 0.3 is 0 Å². The summed E-state index contributed by atoms with van der Waals surface area (Å²) in [5, 5.41) is 5.47. The number of anilines is 2. The number of nitrogens with one attached hydrogen (secondary N) is 2. The molecule has 0 saturated heterocycles. The maximum Gasteiger partial charge on any atom is 0.243 e. The molecule has 2 aromatic rings. The van der Waals surface area contributed by atoms with E-state index in [-0.39, 0.29) is 11.4 Å². The summed E-state index contributed by atoms with van der Waals surface area (Å²) in [4.78, 5) is 12.2. The minimum Gasteiger partial charge on any atom is -0.495 e. The lowest BCUT2D eigenvalue weighted by atomic mass is 10.2. The number of sulfonamides is 1. The maximum atomic E-state index is 13.3. The number of amides is 1. The Bertz CT molecular complexity index is 946. The fourth-order valence-corrected chi connectivity index (χ4v) is 3.22. The van der Waals surface area contributed by atoms with Crippen LogP contribution in [0.4, 0.5) is 15.8 Å². The van der Waals surface area contributed by atoms with Crippen LogP contribution in [-0.4, -0.2) is 46.4 Å². The van der Waals surface area contributed by atoms with E-state index >= 15 is 0 Å². The third-order valence-electron chi connectivity index (χ3n) is 3.86. The molecule has 9 heteroatoms. The Morgan fingerprint density at radius 3 is 2.48 bits per heavy atom. The molecule has 1 amide bonds. The third kappa shape index (κ3) is 4.95. The van der Waals surface area contributed by atoms with Crippen molar-refractivity contribution in [1.82, 2.24) is 4.31 Å². The summed E-state index contributed by atoms with van der Waals surface area (Å²) >= 11 is 0. The van der Waals surface area contributed by atoms with Gasteiger partial charge in [-0.15, -0.1) is 0 Å². The molecule has 0 spiro atoms. The SMILES string of the molecule is COc1ccc(S(=O)(=O)N(C)C)cc1NCC(=O)Nc1cc(F)ccc1C. The van der Waals surface area contributed by atoms with Crippen molar-refractivity contribution in [2.75, 3.05) is 38.4 Å². The van der Waals surface area contributed by atoms with E-state index in [2.05, 4.69) is 10.6 Å². The van der Waals surface area contributed by atoms with Gasteiger partial charge in [-0.25, -0.2) is 17.1 Å². The average Bonchev–Trinajstić information content (AvgIpc) is 2.62. The molecule has 0 atom stereocenters. The number of ether oxygens (including phenoxy) is 1. The van der Waals surface area contributed by atoms with E-state index in [4.69, 9.17) is 4.74 Å². The molecular weight excluding hydrogens is 373 g/mol. The van der Waals surface area contributed by atoms with Gasteiger partial charge in [-0.2, -0.15) is 0 Å². The molecule has 0 saturated carbocycles. The summed E-state index contributed by atoms with van der Waals surface area (Å²) < 4.78 is 44.2. The molecule has 0 aromatic heterocycles. The number of nitrogens with zero attached hydrogens (tertiary/aromatic N) is 1. The molecule has 0 unspecified atom stereocenters. The Balaban J connectivity index is 2.16. The summed E-state index contributed by atoms with van der Waals surface area (Å²) in [5.74, 6) is -0.471. The molecule has 0 fully saturated rings. The van der Waals surface area contributed by atoms with Gasteiger partial charge < -0.3 is 15.4 Å². The molecule has 2 N–H and O–H groups in total. The average molecular weight is 395 g/mol. The van der Waals surface area contributed by atoms with E-state index in [9.17, 15) is 17.6 Å². The molecule has 2 rings (SSSR count). The zero-order valence-corrected chi connectivity index (χ0v) is 16.4. The van der Waals surface area contributed by atoms with E-state index < -0.39 is 21.7 Å². The number of rotatable bonds is 7. The van der Waals surface area contributed by atoms with Crippen LogP contribution in [0.15, 0.2) is 41.3 Å². The van der Waals surface area contributed by atoms with Gasteiger partial charge in [0.1, 0.15) is 11.6 Å².